The highest BCUT2D eigenvalue weighted by Gasteiger charge is 2.43. The molecule has 4 amide bonds. The van der Waals surface area contributed by atoms with Crippen LogP contribution in [0.15, 0.2) is 24.3 Å². The van der Waals surface area contributed by atoms with Crippen LogP contribution in [0.1, 0.15) is 136 Å². The van der Waals surface area contributed by atoms with Crippen molar-refractivity contribution in [3.63, 3.8) is 0 Å². The SMILES string of the molecule is CCCCCCCCC/C=C/C1CC(=O)N(CC(C)N2C(=O)CC(/C=C/CCCCCCCCC)C2=O)C1=O. The van der Waals surface area contributed by atoms with Gasteiger partial charge in [0.2, 0.25) is 23.6 Å². The Morgan fingerprint density at radius 3 is 1.59 bits per heavy atom. The Kier molecular flexibility index (Phi) is 16.0. The number of likely N-dealkylation sites (tertiary alicyclic amines) is 2. The van der Waals surface area contributed by atoms with E-state index in [2.05, 4.69) is 13.8 Å². The average Bonchev–Trinajstić information content (AvgIpc) is 3.35. The van der Waals surface area contributed by atoms with E-state index in [1.807, 2.05) is 24.3 Å². The summed E-state index contributed by atoms with van der Waals surface area (Å²) in [7, 11) is 0. The van der Waals surface area contributed by atoms with Gasteiger partial charge < -0.3 is 0 Å². The lowest BCUT2D eigenvalue weighted by molar-refractivity contribution is -0.146. The van der Waals surface area contributed by atoms with Gasteiger partial charge in [-0.1, -0.05) is 115 Å². The number of rotatable bonds is 21. The third-order valence-corrected chi connectivity index (χ3v) is 8.07. The predicted octanol–water partition coefficient (Wildman–Crippen LogP) is 7.52. The normalized spacial score (nSPS) is 21.0. The van der Waals surface area contributed by atoms with Gasteiger partial charge >= 0.3 is 0 Å². The minimum absolute atomic E-state index is 0.0751. The number of amides is 4. The fourth-order valence-electron chi connectivity index (χ4n) is 5.65. The molecule has 0 aromatic rings. The summed E-state index contributed by atoms with van der Waals surface area (Å²) < 4.78 is 0. The Morgan fingerprint density at radius 2 is 1.08 bits per heavy atom. The molecule has 2 aliphatic rings. The van der Waals surface area contributed by atoms with E-state index < -0.39 is 17.9 Å². The van der Waals surface area contributed by atoms with Gasteiger partial charge in [0.15, 0.2) is 0 Å². The molecule has 0 bridgehead atoms. The van der Waals surface area contributed by atoms with E-state index >= 15 is 0 Å². The molecule has 2 rings (SSSR count). The lowest BCUT2D eigenvalue weighted by Crippen LogP contribution is -2.47. The Morgan fingerprint density at radius 1 is 0.641 bits per heavy atom. The highest BCUT2D eigenvalue weighted by atomic mass is 16.2. The van der Waals surface area contributed by atoms with Crippen molar-refractivity contribution >= 4 is 23.6 Å². The summed E-state index contributed by atoms with van der Waals surface area (Å²) in [6, 6.07) is -0.519. The van der Waals surface area contributed by atoms with Crippen LogP contribution in [-0.4, -0.2) is 46.0 Å². The topological polar surface area (TPSA) is 74.8 Å². The van der Waals surface area contributed by atoms with E-state index in [1.54, 1.807) is 6.92 Å². The van der Waals surface area contributed by atoms with Gasteiger partial charge in [-0.25, -0.2) is 0 Å². The first-order chi connectivity index (χ1) is 18.9. The summed E-state index contributed by atoms with van der Waals surface area (Å²) in [5.74, 6) is -1.73. The van der Waals surface area contributed by atoms with Crippen LogP contribution in [0.4, 0.5) is 0 Å². The molecular formula is C33H54N2O4. The first-order valence-electron chi connectivity index (χ1n) is 15.9. The van der Waals surface area contributed by atoms with Gasteiger partial charge in [0.25, 0.3) is 0 Å². The molecule has 0 aromatic carbocycles. The van der Waals surface area contributed by atoms with Crippen molar-refractivity contribution in [2.24, 2.45) is 11.8 Å². The first kappa shape index (κ1) is 33.0. The maximum atomic E-state index is 13.0. The van der Waals surface area contributed by atoms with Crippen LogP contribution in [0.5, 0.6) is 0 Å². The monoisotopic (exact) mass is 542 g/mol. The minimum atomic E-state index is -0.519. The quantitative estimate of drug-likeness (QED) is 0.0854. The van der Waals surface area contributed by atoms with Crippen LogP contribution in [0, 0.1) is 11.8 Å². The molecule has 39 heavy (non-hydrogen) atoms. The van der Waals surface area contributed by atoms with Crippen LogP contribution in [-0.2, 0) is 19.2 Å². The summed E-state index contributed by atoms with van der Waals surface area (Å²) in [4.78, 5) is 53.7. The average molecular weight is 543 g/mol. The molecule has 0 N–H and O–H groups in total. The number of hydrogen-bond acceptors (Lipinski definition) is 4. The van der Waals surface area contributed by atoms with Crippen molar-refractivity contribution in [3.8, 4) is 0 Å². The van der Waals surface area contributed by atoms with Crippen molar-refractivity contribution < 1.29 is 19.2 Å². The van der Waals surface area contributed by atoms with Crippen molar-refractivity contribution in [2.75, 3.05) is 6.54 Å². The van der Waals surface area contributed by atoms with E-state index in [-0.39, 0.29) is 43.0 Å². The zero-order chi connectivity index (χ0) is 28.5. The Balaban J connectivity index is 1.73. The van der Waals surface area contributed by atoms with Gasteiger partial charge in [-0.3, -0.25) is 29.0 Å². The van der Waals surface area contributed by atoms with Gasteiger partial charge in [0.1, 0.15) is 0 Å². The zero-order valence-electron chi connectivity index (χ0n) is 25.0. The number of hydrogen-bond donors (Lipinski definition) is 0. The predicted molar refractivity (Wildman–Crippen MR) is 158 cm³/mol. The van der Waals surface area contributed by atoms with E-state index in [4.69, 9.17) is 0 Å². The summed E-state index contributed by atoms with van der Waals surface area (Å²) in [5, 5.41) is 0. The smallest absolute Gasteiger partial charge is 0.236 e. The first-order valence-corrected chi connectivity index (χ1v) is 15.9. The van der Waals surface area contributed by atoms with E-state index in [1.165, 1.54) is 86.8 Å². The Labute approximate surface area is 237 Å². The van der Waals surface area contributed by atoms with Gasteiger partial charge in [-0.05, 0) is 32.6 Å². The number of allylic oxidation sites excluding steroid dienone is 2. The third-order valence-electron chi connectivity index (χ3n) is 8.07. The molecule has 0 spiro atoms. The largest absolute Gasteiger partial charge is 0.280 e. The molecule has 6 heteroatoms. The highest BCUT2D eigenvalue weighted by molar-refractivity contribution is 6.06. The minimum Gasteiger partial charge on any atom is -0.280 e. The van der Waals surface area contributed by atoms with Crippen molar-refractivity contribution in [2.45, 2.75) is 142 Å². The summed E-state index contributed by atoms with van der Waals surface area (Å²) in [5.41, 5.74) is 0. The molecule has 0 saturated carbocycles. The van der Waals surface area contributed by atoms with Crippen molar-refractivity contribution in [3.05, 3.63) is 24.3 Å². The fourth-order valence-corrected chi connectivity index (χ4v) is 5.65. The second-order valence-corrected chi connectivity index (χ2v) is 11.6. The van der Waals surface area contributed by atoms with Gasteiger partial charge in [-0.2, -0.15) is 0 Å². The van der Waals surface area contributed by atoms with Crippen molar-refractivity contribution in [1.29, 1.82) is 0 Å². The lowest BCUT2D eigenvalue weighted by atomic mass is 10.0. The molecule has 2 heterocycles. The van der Waals surface area contributed by atoms with E-state index in [0.717, 1.165) is 25.7 Å². The molecule has 3 unspecified atom stereocenters. The fraction of sp³-hybridized carbons (Fsp3) is 0.758. The van der Waals surface area contributed by atoms with E-state index in [0.29, 0.717) is 0 Å². The number of nitrogens with zero attached hydrogens (tertiary/aromatic N) is 2. The lowest BCUT2D eigenvalue weighted by Gasteiger charge is -2.26. The Bertz CT molecular complexity index is 834. The highest BCUT2D eigenvalue weighted by Crippen LogP contribution is 2.27. The molecule has 0 aliphatic carbocycles. The second kappa shape index (κ2) is 18.9. The number of carbonyl (C=O) groups excluding carboxylic acids is 4. The molecule has 220 valence electrons. The van der Waals surface area contributed by atoms with Gasteiger partial charge in [0.05, 0.1) is 17.9 Å². The maximum Gasteiger partial charge on any atom is 0.236 e. The van der Waals surface area contributed by atoms with Gasteiger partial charge in [0, 0.05) is 19.4 Å². The number of carbonyl (C=O) groups is 4. The van der Waals surface area contributed by atoms with Crippen LogP contribution >= 0.6 is 0 Å². The standard InChI is InChI=1S/C33H54N2O4/c1-4-6-8-10-12-14-16-18-20-22-28-24-30(36)34(32(28)38)26-27(3)35-31(37)25-29(33(35)39)23-21-19-17-15-13-11-9-7-5-2/h20-23,27-29H,4-19,24-26H2,1-3H3/b22-20+,23-21+. The molecule has 2 saturated heterocycles. The van der Waals surface area contributed by atoms with Crippen LogP contribution in [0.2, 0.25) is 0 Å². The van der Waals surface area contributed by atoms with Gasteiger partial charge in [-0.15, -0.1) is 0 Å². The van der Waals surface area contributed by atoms with E-state index in [9.17, 15) is 19.2 Å². The molecule has 0 aromatic heterocycles. The molecule has 2 aliphatic heterocycles. The van der Waals surface area contributed by atoms with Crippen LogP contribution in [0.3, 0.4) is 0 Å². The zero-order valence-corrected chi connectivity index (χ0v) is 25.0. The summed E-state index contributed by atoms with van der Waals surface area (Å²) in [6.45, 7) is 6.27. The second-order valence-electron chi connectivity index (χ2n) is 11.6. The van der Waals surface area contributed by atoms with Crippen LogP contribution < -0.4 is 0 Å². The summed E-state index contributed by atoms with van der Waals surface area (Å²) in [6.07, 6.45) is 27.5. The third kappa shape index (κ3) is 11.4. The Hall–Kier alpha value is -2.24. The van der Waals surface area contributed by atoms with Crippen molar-refractivity contribution in [1.82, 2.24) is 9.80 Å². The molecule has 0 radical (unpaired) electrons. The van der Waals surface area contributed by atoms with Crippen LogP contribution in [0.25, 0.3) is 0 Å². The number of imide groups is 2. The molecule has 2 fully saturated rings. The molecule has 6 nitrogen and oxygen atoms in total. The maximum absolute atomic E-state index is 13.0. The number of unbranched alkanes of at least 4 members (excludes halogenated alkanes) is 14. The summed E-state index contributed by atoms with van der Waals surface area (Å²) >= 11 is 0. The molecule has 3 atom stereocenters. The molecular weight excluding hydrogens is 488 g/mol.